The second-order valence-electron chi connectivity index (χ2n) is 0.408. The van der Waals surface area contributed by atoms with E-state index in [0.29, 0.717) is 0 Å². The van der Waals surface area contributed by atoms with Crippen LogP contribution in [0.25, 0.3) is 0 Å². The SMILES string of the molecule is CO.O=S(=O)([O-])[O-].[Co+2]. The molecule has 1 N–H and O–H groups in total. The minimum absolute atomic E-state index is 0. The molecule has 0 aromatic rings. The van der Waals surface area contributed by atoms with Gasteiger partial charge in [-0.1, -0.05) is 0 Å². The van der Waals surface area contributed by atoms with Gasteiger partial charge in [0.2, 0.25) is 0 Å². The van der Waals surface area contributed by atoms with Crippen molar-refractivity contribution in [2.24, 2.45) is 0 Å². The van der Waals surface area contributed by atoms with E-state index < -0.39 is 10.4 Å². The van der Waals surface area contributed by atoms with Crippen molar-refractivity contribution >= 4 is 10.4 Å². The molecule has 7 heteroatoms. The second kappa shape index (κ2) is 7.34. The molecule has 53 valence electrons. The molecule has 0 aromatic heterocycles. The van der Waals surface area contributed by atoms with Crippen LogP contribution in [0.3, 0.4) is 0 Å². The molecule has 8 heavy (non-hydrogen) atoms. The summed E-state index contributed by atoms with van der Waals surface area (Å²) in [6, 6.07) is 0. The number of rotatable bonds is 0. The number of hydrogen-bond acceptors (Lipinski definition) is 5. The van der Waals surface area contributed by atoms with Crippen LogP contribution < -0.4 is 0 Å². The summed E-state index contributed by atoms with van der Waals surface area (Å²) in [5.41, 5.74) is 0. The molecule has 0 fully saturated rings. The first-order valence-electron chi connectivity index (χ1n) is 1.11. The van der Waals surface area contributed by atoms with E-state index in [1.165, 1.54) is 0 Å². The second-order valence-corrected chi connectivity index (χ2v) is 1.22. The molecule has 0 saturated carbocycles. The molecule has 0 unspecified atom stereocenters. The molecule has 0 aliphatic carbocycles. The van der Waals surface area contributed by atoms with Crippen LogP contribution in [0.15, 0.2) is 0 Å². The maximum Gasteiger partial charge on any atom is 2.00 e. The van der Waals surface area contributed by atoms with E-state index in [9.17, 15) is 0 Å². The molecule has 0 aliphatic rings. The summed E-state index contributed by atoms with van der Waals surface area (Å²) >= 11 is 0. The third kappa shape index (κ3) is 1590. The molecule has 0 rings (SSSR count). The maximum absolute atomic E-state index is 8.52. The van der Waals surface area contributed by atoms with Gasteiger partial charge in [-0.3, -0.25) is 8.42 Å². The predicted octanol–water partition coefficient (Wildman–Crippen LogP) is -1.73. The minimum atomic E-state index is -5.17. The van der Waals surface area contributed by atoms with Crippen molar-refractivity contribution in [3.63, 3.8) is 0 Å². The predicted molar refractivity (Wildman–Crippen MR) is 18.6 cm³/mol. The molecular weight excluding hydrogens is 183 g/mol. The first kappa shape index (κ1) is 15.8. The Hall–Kier alpha value is 0.336. The van der Waals surface area contributed by atoms with Gasteiger partial charge in [0.05, 0.1) is 0 Å². The normalized spacial score (nSPS) is 8.00. The van der Waals surface area contributed by atoms with E-state index in [4.69, 9.17) is 22.6 Å². The molecule has 0 atom stereocenters. The van der Waals surface area contributed by atoms with Gasteiger partial charge in [-0.25, -0.2) is 0 Å². The third-order valence-corrected chi connectivity index (χ3v) is 0. The van der Waals surface area contributed by atoms with Crippen LogP contribution in [-0.2, 0) is 27.2 Å². The molecule has 0 heterocycles. The number of aliphatic hydroxyl groups is 1. The molecule has 1 radical (unpaired) electrons. The Morgan fingerprint density at radius 3 is 1.25 bits per heavy atom. The Labute approximate surface area is 57.5 Å². The molecule has 0 aliphatic heterocycles. The Morgan fingerprint density at radius 1 is 1.25 bits per heavy atom. The summed E-state index contributed by atoms with van der Waals surface area (Å²) in [5.74, 6) is 0. The Kier molecular flexibility index (Phi) is 14.4. The van der Waals surface area contributed by atoms with Gasteiger partial charge in [0.15, 0.2) is 0 Å². The molecular formula is CH4CoO5S. The Morgan fingerprint density at radius 2 is 1.25 bits per heavy atom. The fourth-order valence-electron chi connectivity index (χ4n) is 0. The maximum atomic E-state index is 8.52. The summed E-state index contributed by atoms with van der Waals surface area (Å²) in [6.45, 7) is 0. The fraction of sp³-hybridized carbons (Fsp3) is 1.00. The standard InChI is InChI=1S/CH4O.Co.H2O4S/c1-2;;1-5(2,3)4/h2H,1H3;;(H2,1,2,3,4)/q;+2;/p-2. The fourth-order valence-corrected chi connectivity index (χ4v) is 0. The van der Waals surface area contributed by atoms with Gasteiger partial charge in [-0.15, -0.1) is 0 Å². The van der Waals surface area contributed by atoms with Crippen molar-refractivity contribution in [3.05, 3.63) is 0 Å². The summed E-state index contributed by atoms with van der Waals surface area (Å²) in [5, 5.41) is 7.00. The average Bonchev–Trinajstić information content (AvgIpc) is 1.36. The molecule has 0 spiro atoms. The molecule has 0 aromatic carbocycles. The summed E-state index contributed by atoms with van der Waals surface area (Å²) < 4.78 is 34.1. The zero-order valence-corrected chi connectivity index (χ0v) is 5.68. The van der Waals surface area contributed by atoms with Crippen LogP contribution in [0.2, 0.25) is 0 Å². The van der Waals surface area contributed by atoms with Crippen molar-refractivity contribution in [1.29, 1.82) is 0 Å². The van der Waals surface area contributed by atoms with Crippen molar-refractivity contribution < 1.29 is 39.4 Å². The van der Waals surface area contributed by atoms with Gasteiger partial charge < -0.3 is 14.2 Å². The third-order valence-electron chi connectivity index (χ3n) is 0. The van der Waals surface area contributed by atoms with Crippen LogP contribution >= 0.6 is 0 Å². The number of hydrogen-bond donors (Lipinski definition) is 1. The Bertz CT molecular complexity index is 95.6. The first-order chi connectivity index (χ1) is 3.00. The van der Waals surface area contributed by atoms with E-state index in [-0.39, 0.29) is 16.8 Å². The van der Waals surface area contributed by atoms with E-state index >= 15 is 0 Å². The van der Waals surface area contributed by atoms with Crippen LogP contribution in [0.1, 0.15) is 0 Å². The van der Waals surface area contributed by atoms with Crippen molar-refractivity contribution in [2.45, 2.75) is 0 Å². The average molecular weight is 187 g/mol. The van der Waals surface area contributed by atoms with Crippen LogP contribution in [-0.4, -0.2) is 29.7 Å². The zero-order valence-electron chi connectivity index (χ0n) is 3.82. The number of aliphatic hydroxyl groups excluding tert-OH is 1. The van der Waals surface area contributed by atoms with Crippen LogP contribution in [0, 0.1) is 0 Å². The van der Waals surface area contributed by atoms with Crippen molar-refractivity contribution in [1.82, 2.24) is 0 Å². The van der Waals surface area contributed by atoms with E-state index in [1.807, 2.05) is 0 Å². The largest absolute Gasteiger partial charge is 2.00 e. The van der Waals surface area contributed by atoms with Gasteiger partial charge in [-0.2, -0.15) is 0 Å². The van der Waals surface area contributed by atoms with Crippen molar-refractivity contribution in [3.8, 4) is 0 Å². The Balaban J connectivity index is -0.0000000750. The summed E-state index contributed by atoms with van der Waals surface area (Å²) in [4.78, 5) is 0. The van der Waals surface area contributed by atoms with Crippen LogP contribution in [0.5, 0.6) is 0 Å². The molecule has 0 saturated heterocycles. The minimum Gasteiger partial charge on any atom is -0.759 e. The topological polar surface area (TPSA) is 100 Å². The van der Waals surface area contributed by atoms with Gasteiger partial charge in [0.25, 0.3) is 0 Å². The van der Waals surface area contributed by atoms with Gasteiger partial charge in [0, 0.05) is 17.5 Å². The quantitative estimate of drug-likeness (QED) is 0.358. The van der Waals surface area contributed by atoms with Crippen molar-refractivity contribution in [2.75, 3.05) is 7.11 Å². The van der Waals surface area contributed by atoms with Crippen LogP contribution in [0.4, 0.5) is 0 Å². The van der Waals surface area contributed by atoms with E-state index in [0.717, 1.165) is 7.11 Å². The van der Waals surface area contributed by atoms with E-state index in [1.54, 1.807) is 0 Å². The summed E-state index contributed by atoms with van der Waals surface area (Å²) in [6.07, 6.45) is 0. The van der Waals surface area contributed by atoms with Gasteiger partial charge in [0.1, 0.15) is 0 Å². The molecule has 0 amide bonds. The monoisotopic (exact) mass is 187 g/mol. The summed E-state index contributed by atoms with van der Waals surface area (Å²) in [7, 11) is -4.17. The first-order valence-corrected chi connectivity index (χ1v) is 2.45. The van der Waals surface area contributed by atoms with Gasteiger partial charge in [-0.05, 0) is 0 Å². The smallest absolute Gasteiger partial charge is 0.759 e. The molecule has 0 bridgehead atoms. The van der Waals surface area contributed by atoms with Gasteiger partial charge >= 0.3 is 16.8 Å². The zero-order chi connectivity index (χ0) is 6.50. The van der Waals surface area contributed by atoms with E-state index in [2.05, 4.69) is 0 Å². The molecule has 5 nitrogen and oxygen atoms in total.